The maximum absolute atomic E-state index is 6.02. The van der Waals surface area contributed by atoms with Gasteiger partial charge in [0.1, 0.15) is 0 Å². The van der Waals surface area contributed by atoms with E-state index in [2.05, 4.69) is 10.5 Å². The van der Waals surface area contributed by atoms with Gasteiger partial charge in [-0.25, -0.2) is 0 Å². The summed E-state index contributed by atoms with van der Waals surface area (Å²) in [5.41, 5.74) is 5.17. The van der Waals surface area contributed by atoms with Gasteiger partial charge in [-0.3, -0.25) is 16.0 Å². The molecule has 0 fully saturated rings. The van der Waals surface area contributed by atoms with Gasteiger partial charge in [0.2, 0.25) is 0 Å². The van der Waals surface area contributed by atoms with Gasteiger partial charge in [0.25, 0.3) is 0 Å². The number of hydrazine groups is 1. The molecule has 6 heteroatoms. The van der Waals surface area contributed by atoms with Gasteiger partial charge in [-0.1, -0.05) is 29.3 Å². The minimum Gasteiger partial charge on any atom is -0.273 e. The smallest absolute Gasteiger partial charge is 0.0595 e. The molecule has 2 aromatic rings. The van der Waals surface area contributed by atoms with Gasteiger partial charge in [-0.05, 0) is 43.0 Å². The summed E-state index contributed by atoms with van der Waals surface area (Å²) in [5.74, 6) is 5.63. The van der Waals surface area contributed by atoms with Gasteiger partial charge in [0, 0.05) is 25.0 Å². The minimum absolute atomic E-state index is 0.183. The predicted molar refractivity (Wildman–Crippen MR) is 82.8 cm³/mol. The molecule has 0 aliphatic carbocycles. The van der Waals surface area contributed by atoms with Gasteiger partial charge in [-0.2, -0.15) is 5.10 Å². The van der Waals surface area contributed by atoms with Crippen LogP contribution < -0.4 is 11.3 Å². The standard InChI is InChI=1S/C14H18Cl2N4/c1-20-12(6-7-18-20)4-3-11(19-17)8-10-2-5-13(15)14(16)9-10/h2,5-7,9,11,19H,3-4,8,17H2,1H3. The monoisotopic (exact) mass is 312 g/mol. The van der Waals surface area contributed by atoms with E-state index in [1.54, 1.807) is 6.20 Å². The number of hydrogen-bond acceptors (Lipinski definition) is 3. The topological polar surface area (TPSA) is 55.9 Å². The minimum atomic E-state index is 0.183. The van der Waals surface area contributed by atoms with Crippen LogP contribution in [-0.4, -0.2) is 15.8 Å². The number of halogens is 2. The number of aryl methyl sites for hydroxylation is 2. The van der Waals surface area contributed by atoms with Crippen molar-refractivity contribution in [2.24, 2.45) is 12.9 Å². The molecule has 1 unspecified atom stereocenters. The summed E-state index contributed by atoms with van der Waals surface area (Å²) >= 11 is 11.9. The molecule has 4 nitrogen and oxygen atoms in total. The average molecular weight is 313 g/mol. The third kappa shape index (κ3) is 3.96. The molecule has 0 amide bonds. The Balaban J connectivity index is 1.95. The lowest BCUT2D eigenvalue weighted by Crippen LogP contribution is -2.37. The highest BCUT2D eigenvalue weighted by Gasteiger charge is 2.10. The van der Waals surface area contributed by atoms with Crippen LogP contribution in [0.25, 0.3) is 0 Å². The first-order valence-electron chi connectivity index (χ1n) is 6.47. The van der Waals surface area contributed by atoms with Gasteiger partial charge in [0.05, 0.1) is 10.0 Å². The number of aromatic nitrogens is 2. The second-order valence-electron chi connectivity index (χ2n) is 4.80. The van der Waals surface area contributed by atoms with E-state index in [-0.39, 0.29) is 6.04 Å². The number of nitrogens with one attached hydrogen (secondary N) is 1. The number of nitrogens with two attached hydrogens (primary N) is 1. The lowest BCUT2D eigenvalue weighted by Gasteiger charge is -2.16. The molecule has 0 aliphatic heterocycles. The zero-order chi connectivity index (χ0) is 14.5. The van der Waals surface area contributed by atoms with Crippen molar-refractivity contribution < 1.29 is 0 Å². The van der Waals surface area contributed by atoms with Crippen molar-refractivity contribution in [1.82, 2.24) is 15.2 Å². The molecule has 0 bridgehead atoms. The van der Waals surface area contributed by atoms with Crippen LogP contribution in [0.4, 0.5) is 0 Å². The van der Waals surface area contributed by atoms with E-state index < -0.39 is 0 Å². The van der Waals surface area contributed by atoms with E-state index in [0.717, 1.165) is 24.8 Å². The fourth-order valence-electron chi connectivity index (χ4n) is 2.16. The summed E-state index contributed by atoms with van der Waals surface area (Å²) in [6, 6.07) is 7.88. The predicted octanol–water partition coefficient (Wildman–Crippen LogP) is 2.73. The molecule has 1 aromatic heterocycles. The highest BCUT2D eigenvalue weighted by Crippen LogP contribution is 2.23. The molecule has 0 spiro atoms. The summed E-state index contributed by atoms with van der Waals surface area (Å²) in [6.45, 7) is 0. The summed E-state index contributed by atoms with van der Waals surface area (Å²) in [7, 11) is 1.94. The quantitative estimate of drug-likeness (QED) is 0.637. The highest BCUT2D eigenvalue weighted by atomic mass is 35.5. The molecule has 2 rings (SSSR count). The summed E-state index contributed by atoms with van der Waals surface area (Å²) < 4.78 is 1.88. The van der Waals surface area contributed by atoms with Crippen LogP contribution in [0.15, 0.2) is 30.5 Å². The zero-order valence-corrected chi connectivity index (χ0v) is 12.8. The number of nitrogens with zero attached hydrogens (tertiary/aromatic N) is 2. The Morgan fingerprint density at radius 2 is 2.10 bits per heavy atom. The molecule has 1 heterocycles. The van der Waals surface area contributed by atoms with E-state index in [9.17, 15) is 0 Å². The SMILES string of the molecule is Cn1nccc1CCC(Cc1ccc(Cl)c(Cl)c1)NN. The first kappa shape index (κ1) is 15.3. The van der Waals surface area contributed by atoms with Crippen LogP contribution in [0.2, 0.25) is 10.0 Å². The lowest BCUT2D eigenvalue weighted by molar-refractivity contribution is 0.484. The van der Waals surface area contributed by atoms with E-state index >= 15 is 0 Å². The molecule has 3 N–H and O–H groups in total. The number of benzene rings is 1. The zero-order valence-electron chi connectivity index (χ0n) is 11.3. The molecular weight excluding hydrogens is 295 g/mol. The van der Waals surface area contributed by atoms with Crippen LogP contribution in [0.3, 0.4) is 0 Å². The molecular formula is C14H18Cl2N4. The van der Waals surface area contributed by atoms with Crippen molar-refractivity contribution in [2.75, 3.05) is 0 Å². The third-order valence-corrected chi connectivity index (χ3v) is 4.11. The van der Waals surface area contributed by atoms with Crippen LogP contribution in [0.1, 0.15) is 17.7 Å². The van der Waals surface area contributed by atoms with Gasteiger partial charge in [-0.15, -0.1) is 0 Å². The fourth-order valence-corrected chi connectivity index (χ4v) is 2.48. The van der Waals surface area contributed by atoms with Crippen molar-refractivity contribution in [2.45, 2.75) is 25.3 Å². The first-order valence-corrected chi connectivity index (χ1v) is 7.22. The Morgan fingerprint density at radius 1 is 1.30 bits per heavy atom. The Hall–Kier alpha value is -1.07. The van der Waals surface area contributed by atoms with Crippen LogP contribution in [-0.2, 0) is 19.9 Å². The fraction of sp³-hybridized carbons (Fsp3) is 0.357. The van der Waals surface area contributed by atoms with Gasteiger partial charge < -0.3 is 0 Å². The van der Waals surface area contributed by atoms with E-state index in [4.69, 9.17) is 29.0 Å². The first-order chi connectivity index (χ1) is 9.60. The van der Waals surface area contributed by atoms with Crippen molar-refractivity contribution in [3.8, 4) is 0 Å². The van der Waals surface area contributed by atoms with Crippen LogP contribution >= 0.6 is 23.2 Å². The molecule has 108 valence electrons. The average Bonchev–Trinajstić information content (AvgIpc) is 2.84. The second-order valence-corrected chi connectivity index (χ2v) is 5.62. The Bertz CT molecular complexity index is 568. The molecule has 1 atom stereocenters. The highest BCUT2D eigenvalue weighted by molar-refractivity contribution is 6.42. The second kappa shape index (κ2) is 7.09. The molecule has 0 saturated carbocycles. The van der Waals surface area contributed by atoms with E-state index in [1.165, 1.54) is 5.69 Å². The maximum atomic E-state index is 6.02. The maximum Gasteiger partial charge on any atom is 0.0595 e. The van der Waals surface area contributed by atoms with Crippen molar-refractivity contribution in [1.29, 1.82) is 0 Å². The molecule has 0 aliphatic rings. The van der Waals surface area contributed by atoms with Crippen LogP contribution in [0, 0.1) is 0 Å². The van der Waals surface area contributed by atoms with Crippen molar-refractivity contribution in [3.05, 3.63) is 51.8 Å². The van der Waals surface area contributed by atoms with Crippen LogP contribution in [0.5, 0.6) is 0 Å². The third-order valence-electron chi connectivity index (χ3n) is 3.37. The van der Waals surface area contributed by atoms with E-state index in [0.29, 0.717) is 10.0 Å². The number of hydrogen-bond donors (Lipinski definition) is 2. The molecule has 0 radical (unpaired) electrons. The normalized spacial score (nSPS) is 12.6. The van der Waals surface area contributed by atoms with Crippen molar-refractivity contribution >= 4 is 23.2 Å². The molecule has 1 aromatic carbocycles. The van der Waals surface area contributed by atoms with Gasteiger partial charge in [0.15, 0.2) is 0 Å². The Morgan fingerprint density at radius 3 is 2.70 bits per heavy atom. The summed E-state index contributed by atoms with van der Waals surface area (Å²) in [6.07, 6.45) is 4.47. The summed E-state index contributed by atoms with van der Waals surface area (Å²) in [4.78, 5) is 0. The Labute approximate surface area is 128 Å². The number of rotatable bonds is 6. The largest absolute Gasteiger partial charge is 0.273 e. The van der Waals surface area contributed by atoms with E-state index in [1.807, 2.05) is 36.0 Å². The van der Waals surface area contributed by atoms with Crippen molar-refractivity contribution in [3.63, 3.8) is 0 Å². The van der Waals surface area contributed by atoms with Gasteiger partial charge >= 0.3 is 0 Å². The summed E-state index contributed by atoms with van der Waals surface area (Å²) in [5, 5.41) is 5.31. The Kier molecular flexibility index (Phi) is 5.43. The lowest BCUT2D eigenvalue weighted by atomic mass is 10.0. The molecule has 20 heavy (non-hydrogen) atoms. The molecule has 0 saturated heterocycles.